The Morgan fingerprint density at radius 1 is 1.48 bits per heavy atom. The van der Waals surface area contributed by atoms with Crippen molar-refractivity contribution < 1.29 is 9.53 Å². The third-order valence-corrected chi connectivity index (χ3v) is 4.85. The summed E-state index contributed by atoms with van der Waals surface area (Å²) >= 11 is 0. The molecular formula is C16H27N3O2. The highest BCUT2D eigenvalue weighted by molar-refractivity contribution is 5.81. The molecule has 1 aliphatic carbocycles. The maximum atomic E-state index is 12.3. The molecule has 2 unspecified atom stereocenters. The van der Waals surface area contributed by atoms with Crippen molar-refractivity contribution in [1.29, 1.82) is 0 Å². The largest absolute Gasteiger partial charge is 0.468 e. The van der Waals surface area contributed by atoms with Crippen molar-refractivity contribution in [1.82, 2.24) is 15.1 Å². The fourth-order valence-corrected chi connectivity index (χ4v) is 3.51. The SMILES string of the molecule is CCNC1(C(=O)OC)CCCC(n2nc(C)c(C)c2C)C1. The number of carbonyl (C=O) groups excluding carboxylic acids is 1. The van der Waals surface area contributed by atoms with Gasteiger partial charge in [-0.05, 0) is 58.6 Å². The molecule has 0 spiro atoms. The summed E-state index contributed by atoms with van der Waals surface area (Å²) < 4.78 is 7.17. The molecule has 2 rings (SSSR count). The third kappa shape index (κ3) is 2.84. The molecule has 1 N–H and O–H groups in total. The van der Waals surface area contributed by atoms with Crippen LogP contribution >= 0.6 is 0 Å². The van der Waals surface area contributed by atoms with Crippen LogP contribution in [0.2, 0.25) is 0 Å². The van der Waals surface area contributed by atoms with Crippen LogP contribution in [-0.4, -0.2) is 34.9 Å². The number of hydrogen-bond donors (Lipinski definition) is 1. The van der Waals surface area contributed by atoms with Gasteiger partial charge in [0.2, 0.25) is 0 Å². The summed E-state index contributed by atoms with van der Waals surface area (Å²) in [6.07, 6.45) is 3.65. The molecule has 21 heavy (non-hydrogen) atoms. The van der Waals surface area contributed by atoms with E-state index in [0.29, 0.717) is 0 Å². The van der Waals surface area contributed by atoms with Crippen LogP contribution in [-0.2, 0) is 9.53 Å². The standard InChI is InChI=1S/C16H27N3O2/c1-6-17-16(15(20)21-5)9-7-8-14(10-16)19-13(4)11(2)12(3)18-19/h14,17H,6-10H2,1-5H3. The monoisotopic (exact) mass is 293 g/mol. The van der Waals surface area contributed by atoms with Crippen LogP contribution in [0, 0.1) is 20.8 Å². The first-order valence-corrected chi connectivity index (χ1v) is 7.81. The lowest BCUT2D eigenvalue weighted by Crippen LogP contribution is -2.55. The van der Waals surface area contributed by atoms with Crippen LogP contribution < -0.4 is 5.32 Å². The van der Waals surface area contributed by atoms with Gasteiger partial charge in [0.15, 0.2) is 0 Å². The van der Waals surface area contributed by atoms with Crippen molar-refractivity contribution in [3.8, 4) is 0 Å². The lowest BCUT2D eigenvalue weighted by molar-refractivity contribution is -0.150. The maximum absolute atomic E-state index is 12.3. The van der Waals surface area contributed by atoms with Gasteiger partial charge >= 0.3 is 5.97 Å². The third-order valence-electron chi connectivity index (χ3n) is 4.85. The summed E-state index contributed by atoms with van der Waals surface area (Å²) in [5.41, 5.74) is 2.96. The van der Waals surface area contributed by atoms with E-state index < -0.39 is 5.54 Å². The lowest BCUT2D eigenvalue weighted by Gasteiger charge is -2.39. The summed E-state index contributed by atoms with van der Waals surface area (Å²) in [4.78, 5) is 12.3. The van der Waals surface area contributed by atoms with E-state index in [1.165, 1.54) is 18.4 Å². The molecule has 1 saturated carbocycles. The molecular weight excluding hydrogens is 266 g/mol. The van der Waals surface area contributed by atoms with Crippen LogP contribution in [0.5, 0.6) is 0 Å². The van der Waals surface area contributed by atoms with E-state index in [-0.39, 0.29) is 12.0 Å². The molecule has 1 aromatic rings. The van der Waals surface area contributed by atoms with Gasteiger partial charge in [0, 0.05) is 5.69 Å². The zero-order valence-electron chi connectivity index (χ0n) is 13.8. The van der Waals surface area contributed by atoms with Gasteiger partial charge < -0.3 is 10.1 Å². The van der Waals surface area contributed by atoms with Crippen LogP contribution in [0.15, 0.2) is 0 Å². The highest BCUT2D eigenvalue weighted by Crippen LogP contribution is 2.37. The smallest absolute Gasteiger partial charge is 0.326 e. The highest BCUT2D eigenvalue weighted by Gasteiger charge is 2.44. The van der Waals surface area contributed by atoms with Crippen molar-refractivity contribution in [2.24, 2.45) is 0 Å². The number of aromatic nitrogens is 2. The van der Waals surface area contributed by atoms with Gasteiger partial charge in [-0.1, -0.05) is 6.92 Å². The number of esters is 1. The van der Waals surface area contributed by atoms with Crippen LogP contribution in [0.25, 0.3) is 0 Å². The Balaban J connectivity index is 2.30. The van der Waals surface area contributed by atoms with Gasteiger partial charge in [0.05, 0.1) is 18.8 Å². The summed E-state index contributed by atoms with van der Waals surface area (Å²) in [6, 6.07) is 0.254. The summed E-state index contributed by atoms with van der Waals surface area (Å²) in [7, 11) is 1.47. The topological polar surface area (TPSA) is 56.1 Å². The molecule has 1 heterocycles. The van der Waals surface area contributed by atoms with E-state index in [2.05, 4.69) is 28.9 Å². The molecule has 0 saturated heterocycles. The Bertz CT molecular complexity index is 520. The first-order valence-electron chi connectivity index (χ1n) is 7.81. The Hall–Kier alpha value is -1.36. The van der Waals surface area contributed by atoms with Crippen LogP contribution in [0.4, 0.5) is 0 Å². The summed E-state index contributed by atoms with van der Waals surface area (Å²) in [6.45, 7) is 9.05. The van der Waals surface area contributed by atoms with E-state index in [0.717, 1.165) is 37.9 Å². The van der Waals surface area contributed by atoms with E-state index in [4.69, 9.17) is 4.74 Å². The Labute approximate surface area is 127 Å². The minimum Gasteiger partial charge on any atom is -0.468 e. The van der Waals surface area contributed by atoms with Crippen LogP contribution in [0.3, 0.4) is 0 Å². The number of hydrogen-bond acceptors (Lipinski definition) is 4. The fourth-order valence-electron chi connectivity index (χ4n) is 3.51. The van der Waals surface area contributed by atoms with E-state index in [9.17, 15) is 4.79 Å². The highest BCUT2D eigenvalue weighted by atomic mass is 16.5. The molecule has 0 bridgehead atoms. The Morgan fingerprint density at radius 3 is 2.71 bits per heavy atom. The molecule has 2 atom stereocenters. The number of aryl methyl sites for hydroxylation is 1. The van der Waals surface area contributed by atoms with E-state index in [1.54, 1.807) is 0 Å². The van der Waals surface area contributed by atoms with Crippen molar-refractivity contribution in [2.45, 2.75) is 65.0 Å². The van der Waals surface area contributed by atoms with Gasteiger partial charge in [0.1, 0.15) is 5.54 Å². The molecule has 5 nitrogen and oxygen atoms in total. The van der Waals surface area contributed by atoms with Gasteiger partial charge in [-0.2, -0.15) is 5.10 Å². The lowest BCUT2D eigenvalue weighted by atomic mass is 9.78. The Kier molecular flexibility index (Phi) is 4.71. The Morgan fingerprint density at radius 2 is 2.19 bits per heavy atom. The maximum Gasteiger partial charge on any atom is 0.326 e. The predicted molar refractivity (Wildman–Crippen MR) is 82.4 cm³/mol. The predicted octanol–water partition coefficient (Wildman–Crippen LogP) is 2.44. The van der Waals surface area contributed by atoms with E-state index in [1.807, 2.05) is 13.8 Å². The van der Waals surface area contributed by atoms with Crippen molar-refractivity contribution in [2.75, 3.05) is 13.7 Å². The molecule has 118 valence electrons. The van der Waals surface area contributed by atoms with Gasteiger partial charge in [-0.3, -0.25) is 9.48 Å². The average Bonchev–Trinajstić information content (AvgIpc) is 2.74. The molecule has 1 aliphatic rings. The second-order valence-corrected chi connectivity index (χ2v) is 6.09. The summed E-state index contributed by atoms with van der Waals surface area (Å²) in [5.74, 6) is -0.146. The molecule has 1 fully saturated rings. The number of carbonyl (C=O) groups is 1. The first kappa shape index (κ1) is 16.0. The van der Waals surface area contributed by atoms with E-state index >= 15 is 0 Å². The van der Waals surface area contributed by atoms with Crippen molar-refractivity contribution in [3.05, 3.63) is 17.0 Å². The molecule has 0 radical (unpaired) electrons. The zero-order valence-corrected chi connectivity index (χ0v) is 13.8. The molecule has 0 aromatic carbocycles. The number of rotatable bonds is 4. The molecule has 5 heteroatoms. The molecule has 1 aromatic heterocycles. The average molecular weight is 293 g/mol. The molecule has 0 amide bonds. The van der Waals surface area contributed by atoms with Crippen molar-refractivity contribution in [3.63, 3.8) is 0 Å². The normalized spacial score (nSPS) is 25.9. The minimum absolute atomic E-state index is 0.146. The number of likely N-dealkylation sites (N-methyl/N-ethyl adjacent to an activating group) is 1. The number of ether oxygens (including phenoxy) is 1. The second-order valence-electron chi connectivity index (χ2n) is 6.09. The second kappa shape index (κ2) is 6.18. The zero-order chi connectivity index (χ0) is 15.6. The number of nitrogens with zero attached hydrogens (tertiary/aromatic N) is 2. The van der Waals surface area contributed by atoms with Crippen molar-refractivity contribution >= 4 is 5.97 Å². The number of methoxy groups -OCH3 is 1. The van der Waals surface area contributed by atoms with Crippen LogP contribution in [0.1, 0.15) is 55.6 Å². The summed E-state index contributed by atoms with van der Waals surface area (Å²) in [5, 5.41) is 8.05. The molecule has 0 aliphatic heterocycles. The van der Waals surface area contributed by atoms with Gasteiger partial charge in [-0.25, -0.2) is 0 Å². The quantitative estimate of drug-likeness (QED) is 0.866. The minimum atomic E-state index is -0.563. The first-order chi connectivity index (χ1) is 9.95. The fraction of sp³-hybridized carbons (Fsp3) is 0.750. The number of nitrogens with one attached hydrogen (secondary N) is 1. The van der Waals surface area contributed by atoms with Gasteiger partial charge in [-0.15, -0.1) is 0 Å². The van der Waals surface area contributed by atoms with Gasteiger partial charge in [0.25, 0.3) is 0 Å².